The summed E-state index contributed by atoms with van der Waals surface area (Å²) in [7, 11) is 3.07. The van der Waals surface area contributed by atoms with E-state index in [9.17, 15) is 14.0 Å². The molecule has 0 saturated heterocycles. The molecule has 1 aliphatic rings. The highest BCUT2D eigenvalue weighted by Gasteiger charge is 2.34. The van der Waals surface area contributed by atoms with Crippen LogP contribution in [0.5, 0.6) is 11.5 Å². The topological polar surface area (TPSA) is 76.7 Å². The fraction of sp³-hybridized carbons (Fsp3) is 0.357. The minimum absolute atomic E-state index is 0.0698. The molecule has 2 amide bonds. The Morgan fingerprint density at radius 3 is 2.44 bits per heavy atom. The maximum absolute atomic E-state index is 14.3. The van der Waals surface area contributed by atoms with Crippen LogP contribution in [0.4, 0.5) is 15.1 Å². The first-order chi connectivity index (χ1) is 17.1. The number of anilines is 2. The summed E-state index contributed by atoms with van der Waals surface area (Å²) in [6.45, 7) is 6.67. The van der Waals surface area contributed by atoms with E-state index in [0.29, 0.717) is 33.7 Å². The molecule has 1 aromatic heterocycles. The van der Waals surface area contributed by atoms with Gasteiger partial charge in [-0.15, -0.1) is 11.3 Å². The van der Waals surface area contributed by atoms with E-state index >= 15 is 0 Å². The van der Waals surface area contributed by atoms with Crippen molar-refractivity contribution >= 4 is 33.8 Å². The number of halogens is 1. The van der Waals surface area contributed by atoms with Gasteiger partial charge in [0.15, 0.2) is 0 Å². The van der Waals surface area contributed by atoms with Gasteiger partial charge in [-0.2, -0.15) is 0 Å². The van der Waals surface area contributed by atoms with Gasteiger partial charge in [0.1, 0.15) is 22.3 Å². The summed E-state index contributed by atoms with van der Waals surface area (Å²) in [6, 6.07) is 10.9. The number of fused-ring (bicyclic) bond motifs is 1. The van der Waals surface area contributed by atoms with Crippen LogP contribution < -0.4 is 20.1 Å². The maximum atomic E-state index is 14.3. The molecule has 36 heavy (non-hydrogen) atoms. The number of amides is 2. The van der Waals surface area contributed by atoms with E-state index in [1.807, 2.05) is 0 Å². The highest BCUT2D eigenvalue weighted by molar-refractivity contribution is 7.17. The van der Waals surface area contributed by atoms with Gasteiger partial charge in [-0.1, -0.05) is 32.9 Å². The van der Waals surface area contributed by atoms with Crippen LogP contribution in [0.2, 0.25) is 0 Å². The second-order valence-electron chi connectivity index (χ2n) is 9.97. The molecule has 0 bridgehead atoms. The predicted octanol–water partition coefficient (Wildman–Crippen LogP) is 6.56. The molecule has 3 aromatic rings. The van der Waals surface area contributed by atoms with Gasteiger partial charge in [0.05, 0.1) is 31.0 Å². The fourth-order valence-electron chi connectivity index (χ4n) is 4.56. The van der Waals surface area contributed by atoms with E-state index < -0.39 is 11.7 Å². The number of carbonyl (C=O) groups excluding carboxylic acids is 2. The minimum atomic E-state index is -0.613. The lowest BCUT2D eigenvalue weighted by molar-refractivity contribution is 0.102. The number of nitrogens with one attached hydrogen (secondary N) is 2. The summed E-state index contributed by atoms with van der Waals surface area (Å²) in [5.74, 6) is -0.0426. The van der Waals surface area contributed by atoms with E-state index in [1.54, 1.807) is 31.4 Å². The van der Waals surface area contributed by atoms with Crippen molar-refractivity contribution in [1.29, 1.82) is 0 Å². The van der Waals surface area contributed by atoms with Crippen molar-refractivity contribution in [2.45, 2.75) is 40.0 Å². The van der Waals surface area contributed by atoms with Crippen LogP contribution in [-0.2, 0) is 12.8 Å². The molecule has 1 atom stereocenters. The fourth-order valence-corrected chi connectivity index (χ4v) is 5.88. The Labute approximate surface area is 214 Å². The van der Waals surface area contributed by atoms with E-state index in [4.69, 9.17) is 9.47 Å². The zero-order valence-electron chi connectivity index (χ0n) is 21.2. The van der Waals surface area contributed by atoms with Crippen molar-refractivity contribution < 1.29 is 23.5 Å². The lowest BCUT2D eigenvalue weighted by Crippen LogP contribution is -2.27. The molecule has 2 N–H and O–H groups in total. The summed E-state index contributed by atoms with van der Waals surface area (Å²) in [5, 5.41) is 6.18. The van der Waals surface area contributed by atoms with Crippen LogP contribution in [0.25, 0.3) is 0 Å². The third kappa shape index (κ3) is 5.23. The van der Waals surface area contributed by atoms with E-state index in [2.05, 4.69) is 31.4 Å². The number of methoxy groups -OCH3 is 2. The van der Waals surface area contributed by atoms with Crippen molar-refractivity contribution in [3.05, 3.63) is 69.8 Å². The molecular weight excluding hydrogens is 479 g/mol. The first-order valence-electron chi connectivity index (χ1n) is 11.9. The number of carbonyl (C=O) groups is 2. The van der Waals surface area contributed by atoms with E-state index in [1.165, 1.54) is 36.6 Å². The number of benzene rings is 2. The van der Waals surface area contributed by atoms with Crippen molar-refractivity contribution in [1.82, 2.24) is 0 Å². The molecule has 0 spiro atoms. The minimum Gasteiger partial charge on any atom is -0.497 e. The summed E-state index contributed by atoms with van der Waals surface area (Å²) in [4.78, 5) is 27.7. The smallest absolute Gasteiger partial charge is 0.259 e. The number of ether oxygens (including phenoxy) is 2. The second-order valence-corrected chi connectivity index (χ2v) is 11.1. The predicted molar refractivity (Wildman–Crippen MR) is 141 cm³/mol. The number of thiophene rings is 1. The monoisotopic (exact) mass is 510 g/mol. The largest absolute Gasteiger partial charge is 0.497 e. The van der Waals surface area contributed by atoms with Gasteiger partial charge in [-0.05, 0) is 60.4 Å². The van der Waals surface area contributed by atoms with E-state index in [0.717, 1.165) is 29.7 Å². The third-order valence-corrected chi connectivity index (χ3v) is 7.89. The van der Waals surface area contributed by atoms with E-state index in [-0.39, 0.29) is 16.9 Å². The van der Waals surface area contributed by atoms with Crippen LogP contribution in [-0.4, -0.2) is 26.0 Å². The van der Waals surface area contributed by atoms with Crippen LogP contribution in [0.1, 0.15) is 58.3 Å². The molecule has 4 rings (SSSR count). The summed E-state index contributed by atoms with van der Waals surface area (Å²) < 4.78 is 25.0. The Bertz CT molecular complexity index is 1300. The Kier molecular flexibility index (Phi) is 7.36. The highest BCUT2D eigenvalue weighted by atomic mass is 32.1. The summed E-state index contributed by atoms with van der Waals surface area (Å²) in [6.07, 6.45) is 2.50. The average Bonchev–Trinajstić information content (AvgIpc) is 3.21. The molecule has 0 fully saturated rings. The number of rotatable bonds is 6. The zero-order chi connectivity index (χ0) is 26.0. The SMILES string of the molecule is COc1ccc(NC(=O)c2c(NC(=O)c3ccccc3F)sc3c2CCC(C(C)(C)C)C3)c(OC)c1. The lowest BCUT2D eigenvalue weighted by Gasteiger charge is -2.33. The molecule has 0 radical (unpaired) electrons. The Morgan fingerprint density at radius 2 is 1.78 bits per heavy atom. The summed E-state index contributed by atoms with van der Waals surface area (Å²) in [5.41, 5.74) is 1.90. The molecule has 1 unspecified atom stereocenters. The van der Waals surface area contributed by atoms with Gasteiger partial charge in [-0.3, -0.25) is 9.59 Å². The van der Waals surface area contributed by atoms with Crippen LogP contribution in [0.3, 0.4) is 0 Å². The van der Waals surface area contributed by atoms with Gasteiger partial charge in [0, 0.05) is 10.9 Å². The molecule has 0 saturated carbocycles. The lowest BCUT2D eigenvalue weighted by atomic mass is 9.72. The molecule has 6 nitrogen and oxygen atoms in total. The molecule has 8 heteroatoms. The average molecular weight is 511 g/mol. The highest BCUT2D eigenvalue weighted by Crippen LogP contribution is 2.45. The standard InChI is InChI=1S/C28H31FN2O4S/c1-28(2,3)16-10-12-19-23(14-16)36-27(31-25(32)18-8-6-7-9-20(18)29)24(19)26(33)30-21-13-11-17(34-4)15-22(21)35-5/h6-9,11,13,15-16H,10,12,14H2,1-5H3,(H,30,33)(H,31,32). The van der Waals surface area contributed by atoms with Crippen LogP contribution in [0.15, 0.2) is 42.5 Å². The first kappa shape index (κ1) is 25.7. The molecule has 2 aromatic carbocycles. The van der Waals surface area contributed by atoms with Crippen molar-refractivity contribution in [3.63, 3.8) is 0 Å². The van der Waals surface area contributed by atoms with Gasteiger partial charge in [0.2, 0.25) is 0 Å². The molecule has 0 aliphatic heterocycles. The van der Waals surface area contributed by atoms with Crippen LogP contribution in [0, 0.1) is 17.2 Å². The van der Waals surface area contributed by atoms with Gasteiger partial charge >= 0.3 is 0 Å². The Hall–Kier alpha value is -3.39. The number of hydrogen-bond acceptors (Lipinski definition) is 5. The van der Waals surface area contributed by atoms with Gasteiger partial charge < -0.3 is 20.1 Å². The molecule has 190 valence electrons. The number of hydrogen-bond donors (Lipinski definition) is 2. The van der Waals surface area contributed by atoms with Gasteiger partial charge in [0.25, 0.3) is 11.8 Å². The molecular formula is C28H31FN2O4S. The third-order valence-electron chi connectivity index (χ3n) is 6.72. The maximum Gasteiger partial charge on any atom is 0.259 e. The van der Waals surface area contributed by atoms with Crippen LogP contribution >= 0.6 is 11.3 Å². The molecule has 1 aliphatic carbocycles. The normalized spacial score (nSPS) is 15.1. The summed E-state index contributed by atoms with van der Waals surface area (Å²) >= 11 is 1.40. The van der Waals surface area contributed by atoms with Crippen molar-refractivity contribution in [3.8, 4) is 11.5 Å². The Morgan fingerprint density at radius 1 is 1.03 bits per heavy atom. The first-order valence-corrected chi connectivity index (χ1v) is 12.7. The van der Waals surface area contributed by atoms with Crippen molar-refractivity contribution in [2.75, 3.05) is 24.9 Å². The zero-order valence-corrected chi connectivity index (χ0v) is 22.0. The van der Waals surface area contributed by atoms with Gasteiger partial charge in [-0.25, -0.2) is 4.39 Å². The quantitative estimate of drug-likeness (QED) is 0.394. The Balaban J connectivity index is 1.71. The molecule has 1 heterocycles. The second kappa shape index (κ2) is 10.3. The van der Waals surface area contributed by atoms with Crippen molar-refractivity contribution in [2.24, 2.45) is 11.3 Å².